The van der Waals surface area contributed by atoms with Gasteiger partial charge in [-0.2, -0.15) is 0 Å². The highest BCUT2D eigenvalue weighted by Crippen LogP contribution is 2.36. The Morgan fingerprint density at radius 1 is 0.926 bits per heavy atom. The third-order valence-corrected chi connectivity index (χ3v) is 6.63. The first-order chi connectivity index (χ1) is 12.5. The maximum atomic E-state index is 12.4. The minimum absolute atomic E-state index is 0.0568. The van der Waals surface area contributed by atoms with Crippen LogP contribution in [0.1, 0.15) is 20.8 Å². The minimum Gasteiger partial charge on any atom is -0.507 e. The van der Waals surface area contributed by atoms with Crippen molar-refractivity contribution in [2.45, 2.75) is 30.6 Å². The molecule has 0 aromatic heterocycles. The molecule has 0 fully saturated rings. The predicted octanol–water partition coefficient (Wildman–Crippen LogP) is 1.10. The van der Waals surface area contributed by atoms with Gasteiger partial charge < -0.3 is 10.4 Å². The van der Waals surface area contributed by atoms with Gasteiger partial charge in [0.15, 0.2) is 0 Å². The molecule has 0 radical (unpaired) electrons. The van der Waals surface area contributed by atoms with Crippen LogP contribution in [0.4, 0.5) is 5.69 Å². The summed E-state index contributed by atoms with van der Waals surface area (Å²) in [7, 11) is -7.76. The van der Waals surface area contributed by atoms with Crippen molar-refractivity contribution in [1.29, 1.82) is 0 Å². The van der Waals surface area contributed by atoms with Gasteiger partial charge in [0, 0.05) is 31.5 Å². The Morgan fingerprint density at radius 2 is 1.41 bits per heavy atom. The van der Waals surface area contributed by atoms with Gasteiger partial charge in [-0.15, -0.1) is 0 Å². The molecule has 9 nitrogen and oxygen atoms in total. The molecule has 0 saturated carbocycles. The van der Waals surface area contributed by atoms with Gasteiger partial charge in [-0.25, -0.2) is 26.3 Å². The quantitative estimate of drug-likeness (QED) is 0.533. The second-order valence-corrected chi connectivity index (χ2v) is 9.23. The second-order valence-electron chi connectivity index (χ2n) is 5.70. The lowest BCUT2D eigenvalue weighted by Gasteiger charge is -2.14. The molecular formula is C16H21N3O6S2. The van der Waals surface area contributed by atoms with E-state index < -0.39 is 31.7 Å². The van der Waals surface area contributed by atoms with Gasteiger partial charge in [0.25, 0.3) is 0 Å². The van der Waals surface area contributed by atoms with Crippen molar-refractivity contribution < 1.29 is 26.7 Å². The van der Waals surface area contributed by atoms with Crippen molar-refractivity contribution in [3.8, 4) is 5.75 Å². The number of benzene rings is 2. The number of carbonyl (C=O) groups excluding carboxylic acids is 1. The summed E-state index contributed by atoms with van der Waals surface area (Å²) < 4.78 is 53.9. The molecule has 0 bridgehead atoms. The van der Waals surface area contributed by atoms with Crippen molar-refractivity contribution in [2.75, 3.05) is 18.4 Å². The summed E-state index contributed by atoms with van der Waals surface area (Å²) in [4.78, 5) is 11.1. The lowest BCUT2D eigenvalue weighted by atomic mass is 10.1. The molecule has 0 unspecified atom stereocenters. The number of anilines is 1. The second kappa shape index (κ2) is 7.80. The number of fused-ring (bicyclic) bond motifs is 1. The average molecular weight is 415 g/mol. The van der Waals surface area contributed by atoms with Gasteiger partial charge in [-0.1, -0.05) is 13.8 Å². The molecule has 0 saturated heterocycles. The van der Waals surface area contributed by atoms with E-state index in [9.17, 15) is 26.7 Å². The van der Waals surface area contributed by atoms with Gasteiger partial charge in [-0.05, 0) is 23.6 Å². The number of carbonyl (C=O) groups is 1. The Labute approximate surface area is 157 Å². The number of phenolic OH excluding ortho intramolecular Hbond substituents is 1. The van der Waals surface area contributed by atoms with Gasteiger partial charge in [0.2, 0.25) is 26.0 Å². The molecule has 148 valence electrons. The van der Waals surface area contributed by atoms with E-state index >= 15 is 0 Å². The lowest BCUT2D eigenvalue weighted by molar-refractivity contribution is -0.114. The molecule has 4 N–H and O–H groups in total. The van der Waals surface area contributed by atoms with Gasteiger partial charge in [0.1, 0.15) is 5.75 Å². The van der Waals surface area contributed by atoms with Gasteiger partial charge in [0.05, 0.1) is 15.5 Å². The van der Waals surface area contributed by atoms with Crippen molar-refractivity contribution in [1.82, 2.24) is 9.44 Å². The van der Waals surface area contributed by atoms with Crippen LogP contribution in [0.2, 0.25) is 0 Å². The standard InChI is InChI=1S/C16H21N3O6S2/c1-4-17-26(22,23)12-6-11-7-13(27(24,25)18-5-2)9-15(21)16(11)14(8-12)19-10(3)20/h6-9,17-18,21H,4-5H2,1-3H3,(H,19,20). The number of hydrogen-bond donors (Lipinski definition) is 4. The molecule has 2 aromatic rings. The van der Waals surface area contributed by atoms with Crippen LogP contribution in [0.3, 0.4) is 0 Å². The minimum atomic E-state index is -3.88. The topological polar surface area (TPSA) is 142 Å². The van der Waals surface area contributed by atoms with Crippen molar-refractivity contribution in [2.24, 2.45) is 0 Å². The summed E-state index contributed by atoms with van der Waals surface area (Å²) in [5, 5.41) is 13.1. The Morgan fingerprint density at radius 3 is 1.85 bits per heavy atom. The lowest BCUT2D eigenvalue weighted by Crippen LogP contribution is -2.24. The molecule has 0 aliphatic heterocycles. The van der Waals surface area contributed by atoms with E-state index in [1.807, 2.05) is 0 Å². The van der Waals surface area contributed by atoms with Crippen LogP contribution >= 0.6 is 0 Å². The highest BCUT2D eigenvalue weighted by molar-refractivity contribution is 7.89. The molecule has 0 aliphatic rings. The van der Waals surface area contributed by atoms with E-state index in [0.29, 0.717) is 0 Å². The molecule has 1 amide bonds. The van der Waals surface area contributed by atoms with E-state index in [0.717, 1.165) is 6.07 Å². The summed E-state index contributed by atoms with van der Waals surface area (Å²) in [6.07, 6.45) is 0. The SMILES string of the molecule is CCNS(=O)(=O)c1cc(O)c2c(NC(C)=O)cc(S(=O)(=O)NCC)cc2c1. The maximum Gasteiger partial charge on any atom is 0.240 e. The highest BCUT2D eigenvalue weighted by Gasteiger charge is 2.21. The number of phenols is 1. The third kappa shape index (κ3) is 4.56. The molecular weight excluding hydrogens is 394 g/mol. The summed E-state index contributed by atoms with van der Waals surface area (Å²) >= 11 is 0. The average Bonchev–Trinajstić information content (AvgIpc) is 2.53. The Bertz CT molecular complexity index is 1090. The van der Waals surface area contributed by atoms with Crippen LogP contribution in [0.15, 0.2) is 34.1 Å². The van der Waals surface area contributed by atoms with Crippen LogP contribution in [-0.2, 0) is 24.8 Å². The van der Waals surface area contributed by atoms with Crippen LogP contribution in [0, 0.1) is 0 Å². The summed E-state index contributed by atoms with van der Waals surface area (Å²) in [5.41, 5.74) is 0.0568. The molecule has 27 heavy (non-hydrogen) atoms. The molecule has 0 aliphatic carbocycles. The Kier molecular flexibility index (Phi) is 6.10. The number of nitrogens with one attached hydrogen (secondary N) is 3. The molecule has 0 spiro atoms. The molecule has 2 rings (SSSR count). The zero-order chi connectivity index (χ0) is 20.4. The smallest absolute Gasteiger partial charge is 0.240 e. The fourth-order valence-corrected chi connectivity index (χ4v) is 4.78. The first kappa shape index (κ1) is 21.1. The van der Waals surface area contributed by atoms with Crippen LogP contribution in [-0.4, -0.2) is 40.9 Å². The van der Waals surface area contributed by atoms with Crippen LogP contribution in [0.25, 0.3) is 10.8 Å². The number of sulfonamides is 2. The van der Waals surface area contributed by atoms with Gasteiger partial charge in [-0.3, -0.25) is 4.79 Å². The van der Waals surface area contributed by atoms with Crippen molar-refractivity contribution in [3.05, 3.63) is 24.3 Å². The largest absolute Gasteiger partial charge is 0.507 e. The first-order valence-corrected chi connectivity index (χ1v) is 11.1. The normalized spacial score (nSPS) is 12.3. The van der Waals surface area contributed by atoms with Crippen LogP contribution in [0.5, 0.6) is 5.75 Å². The summed E-state index contributed by atoms with van der Waals surface area (Å²) in [5.74, 6) is -0.877. The number of aromatic hydroxyl groups is 1. The van der Waals surface area contributed by atoms with E-state index in [1.54, 1.807) is 13.8 Å². The number of amides is 1. The highest BCUT2D eigenvalue weighted by atomic mass is 32.2. The molecule has 0 atom stereocenters. The Balaban J connectivity index is 2.85. The molecule has 0 heterocycles. The van der Waals surface area contributed by atoms with E-state index in [-0.39, 0.29) is 39.3 Å². The number of hydrogen-bond acceptors (Lipinski definition) is 6. The Hall–Kier alpha value is -2.21. The predicted molar refractivity (Wildman–Crippen MR) is 102 cm³/mol. The van der Waals surface area contributed by atoms with Crippen molar-refractivity contribution in [3.63, 3.8) is 0 Å². The fraction of sp³-hybridized carbons (Fsp3) is 0.312. The van der Waals surface area contributed by atoms with E-state index in [1.165, 1.54) is 25.1 Å². The van der Waals surface area contributed by atoms with Gasteiger partial charge >= 0.3 is 0 Å². The maximum absolute atomic E-state index is 12.4. The summed E-state index contributed by atoms with van der Waals surface area (Å²) in [6.45, 7) is 4.75. The van der Waals surface area contributed by atoms with E-state index in [2.05, 4.69) is 14.8 Å². The van der Waals surface area contributed by atoms with E-state index in [4.69, 9.17) is 0 Å². The first-order valence-electron chi connectivity index (χ1n) is 8.09. The molecule has 2 aromatic carbocycles. The molecule has 11 heteroatoms. The monoisotopic (exact) mass is 415 g/mol. The fourth-order valence-electron chi connectivity index (χ4n) is 2.58. The van der Waals surface area contributed by atoms with Crippen molar-refractivity contribution >= 4 is 42.4 Å². The third-order valence-electron chi connectivity index (χ3n) is 3.58. The number of rotatable bonds is 7. The summed E-state index contributed by atoms with van der Waals surface area (Å²) in [6, 6.07) is 4.73. The zero-order valence-corrected chi connectivity index (χ0v) is 16.7. The van der Waals surface area contributed by atoms with Crippen LogP contribution < -0.4 is 14.8 Å². The zero-order valence-electron chi connectivity index (χ0n) is 15.0.